The second kappa shape index (κ2) is 5.99. The van der Waals surface area contributed by atoms with Crippen molar-refractivity contribution in [2.75, 3.05) is 19.6 Å². The van der Waals surface area contributed by atoms with Gasteiger partial charge in [0.1, 0.15) is 6.10 Å². The normalized spacial score (nSPS) is 41.3. The molecule has 0 aromatic rings. The molecule has 3 rings (SSSR count). The summed E-state index contributed by atoms with van der Waals surface area (Å²) in [6.07, 6.45) is 5.99. The standard InChI is InChI=1S/C19H31NO2/c1-5-20(6-2)12-15-14-10-16-13(3)8-7-9-19(16,4)11-17(14)22-18(15)21/h14-17H,3,5-12H2,1-2,4H3/t14?,15-,16-,17+,19+/m0/s1. The Labute approximate surface area is 135 Å². The van der Waals surface area contributed by atoms with Gasteiger partial charge in [0.15, 0.2) is 0 Å². The number of hydrogen-bond donors (Lipinski definition) is 0. The lowest BCUT2D eigenvalue weighted by Gasteiger charge is -2.50. The van der Waals surface area contributed by atoms with Crippen LogP contribution in [0.15, 0.2) is 12.2 Å². The van der Waals surface area contributed by atoms with Gasteiger partial charge in [-0.15, -0.1) is 0 Å². The van der Waals surface area contributed by atoms with Crippen LogP contribution in [0.5, 0.6) is 0 Å². The van der Waals surface area contributed by atoms with Crippen molar-refractivity contribution in [3.8, 4) is 0 Å². The average Bonchev–Trinajstić information content (AvgIpc) is 2.77. The first-order valence-electron chi connectivity index (χ1n) is 9.09. The zero-order chi connectivity index (χ0) is 15.9. The number of carbonyl (C=O) groups is 1. The first-order chi connectivity index (χ1) is 10.5. The van der Waals surface area contributed by atoms with E-state index in [0.29, 0.717) is 17.3 Å². The lowest BCUT2D eigenvalue weighted by molar-refractivity contribution is -0.146. The van der Waals surface area contributed by atoms with E-state index in [1.165, 1.54) is 24.8 Å². The molecule has 3 nitrogen and oxygen atoms in total. The Morgan fingerprint density at radius 3 is 2.77 bits per heavy atom. The molecule has 3 aliphatic rings. The highest BCUT2D eigenvalue weighted by Gasteiger charge is 2.55. The van der Waals surface area contributed by atoms with Gasteiger partial charge in [-0.05, 0) is 56.5 Å². The molecule has 0 N–H and O–H groups in total. The monoisotopic (exact) mass is 305 g/mol. The predicted octanol–water partition coefficient (Wildman–Crippen LogP) is 3.64. The molecule has 0 aromatic carbocycles. The SMILES string of the molecule is C=C1CCC[C@]2(C)C[C@H]3OC(=O)[C@@H](CN(CC)CC)C3C[C@@H]12. The van der Waals surface area contributed by atoms with Gasteiger partial charge in [-0.25, -0.2) is 0 Å². The van der Waals surface area contributed by atoms with Crippen molar-refractivity contribution in [3.05, 3.63) is 12.2 Å². The fraction of sp³-hybridized carbons (Fsp3) is 0.842. The molecule has 2 aliphatic carbocycles. The molecule has 124 valence electrons. The van der Waals surface area contributed by atoms with Crippen LogP contribution in [0.2, 0.25) is 0 Å². The van der Waals surface area contributed by atoms with Crippen LogP contribution in [-0.2, 0) is 9.53 Å². The number of ether oxygens (including phenoxy) is 1. The maximum Gasteiger partial charge on any atom is 0.310 e. The summed E-state index contributed by atoms with van der Waals surface area (Å²) in [5.41, 5.74) is 1.73. The molecule has 22 heavy (non-hydrogen) atoms. The molecule has 5 atom stereocenters. The Bertz CT molecular complexity index is 456. The van der Waals surface area contributed by atoms with E-state index >= 15 is 0 Å². The summed E-state index contributed by atoms with van der Waals surface area (Å²) in [5.74, 6) is 1.12. The Morgan fingerprint density at radius 1 is 1.36 bits per heavy atom. The molecule has 0 amide bonds. The highest BCUT2D eigenvalue weighted by molar-refractivity contribution is 5.75. The van der Waals surface area contributed by atoms with Crippen LogP contribution < -0.4 is 0 Å². The van der Waals surface area contributed by atoms with Crippen LogP contribution in [0.3, 0.4) is 0 Å². The van der Waals surface area contributed by atoms with Crippen LogP contribution in [0.4, 0.5) is 0 Å². The van der Waals surface area contributed by atoms with Crippen molar-refractivity contribution in [1.29, 1.82) is 0 Å². The lowest BCUT2D eigenvalue weighted by Crippen LogP contribution is -2.45. The van der Waals surface area contributed by atoms with Gasteiger partial charge in [0.05, 0.1) is 5.92 Å². The van der Waals surface area contributed by atoms with Crippen molar-refractivity contribution >= 4 is 5.97 Å². The minimum Gasteiger partial charge on any atom is -0.462 e. The smallest absolute Gasteiger partial charge is 0.310 e. The van der Waals surface area contributed by atoms with Crippen LogP contribution in [0.25, 0.3) is 0 Å². The summed E-state index contributed by atoms with van der Waals surface area (Å²) in [7, 11) is 0. The number of fused-ring (bicyclic) bond motifs is 2. The highest BCUT2D eigenvalue weighted by Crippen LogP contribution is 2.56. The molecular weight excluding hydrogens is 274 g/mol. The fourth-order valence-corrected chi connectivity index (χ4v) is 5.22. The van der Waals surface area contributed by atoms with Crippen molar-refractivity contribution in [2.24, 2.45) is 23.2 Å². The zero-order valence-electron chi connectivity index (χ0n) is 14.4. The highest BCUT2D eigenvalue weighted by atomic mass is 16.6. The summed E-state index contributed by atoms with van der Waals surface area (Å²) >= 11 is 0. The molecular formula is C19H31NO2. The number of nitrogens with zero attached hydrogens (tertiary/aromatic N) is 1. The van der Waals surface area contributed by atoms with Gasteiger partial charge in [0, 0.05) is 12.5 Å². The number of rotatable bonds is 4. The minimum absolute atomic E-state index is 0.0507. The number of carbonyl (C=O) groups excluding carboxylic acids is 1. The minimum atomic E-state index is 0.0507. The van der Waals surface area contributed by atoms with E-state index in [9.17, 15) is 4.79 Å². The van der Waals surface area contributed by atoms with E-state index in [1.807, 2.05) is 0 Å². The lowest BCUT2D eigenvalue weighted by atomic mass is 9.55. The van der Waals surface area contributed by atoms with E-state index in [-0.39, 0.29) is 18.0 Å². The van der Waals surface area contributed by atoms with E-state index in [4.69, 9.17) is 4.74 Å². The number of esters is 1. The van der Waals surface area contributed by atoms with Gasteiger partial charge in [0.2, 0.25) is 0 Å². The van der Waals surface area contributed by atoms with E-state index < -0.39 is 0 Å². The van der Waals surface area contributed by atoms with Gasteiger partial charge in [-0.1, -0.05) is 32.9 Å². The third-order valence-electron chi connectivity index (χ3n) is 6.67. The Balaban J connectivity index is 1.78. The third-order valence-corrected chi connectivity index (χ3v) is 6.67. The third kappa shape index (κ3) is 2.62. The maximum atomic E-state index is 12.4. The molecule has 1 unspecified atom stereocenters. The maximum absolute atomic E-state index is 12.4. The van der Waals surface area contributed by atoms with Crippen LogP contribution >= 0.6 is 0 Å². The first-order valence-corrected chi connectivity index (χ1v) is 9.09. The Kier molecular flexibility index (Phi) is 4.37. The van der Waals surface area contributed by atoms with Gasteiger partial charge in [0.25, 0.3) is 0 Å². The molecule has 2 saturated carbocycles. The largest absolute Gasteiger partial charge is 0.462 e. The van der Waals surface area contributed by atoms with Gasteiger partial charge < -0.3 is 9.64 Å². The first kappa shape index (κ1) is 16.0. The van der Waals surface area contributed by atoms with Crippen LogP contribution in [-0.4, -0.2) is 36.6 Å². The molecule has 0 radical (unpaired) electrons. The zero-order valence-corrected chi connectivity index (χ0v) is 14.4. The molecule has 0 spiro atoms. The molecule has 1 aliphatic heterocycles. The molecule has 0 aromatic heterocycles. The quantitative estimate of drug-likeness (QED) is 0.586. The van der Waals surface area contributed by atoms with Crippen molar-refractivity contribution < 1.29 is 9.53 Å². The van der Waals surface area contributed by atoms with Crippen LogP contribution in [0, 0.1) is 23.2 Å². The predicted molar refractivity (Wildman–Crippen MR) is 88.5 cm³/mol. The van der Waals surface area contributed by atoms with Crippen molar-refractivity contribution in [2.45, 2.75) is 59.0 Å². The molecule has 1 saturated heterocycles. The fourth-order valence-electron chi connectivity index (χ4n) is 5.22. The number of hydrogen-bond acceptors (Lipinski definition) is 3. The second-order valence-electron chi connectivity index (χ2n) is 7.89. The summed E-state index contributed by atoms with van der Waals surface area (Å²) in [5, 5.41) is 0. The van der Waals surface area contributed by atoms with E-state index in [1.54, 1.807) is 0 Å². The Morgan fingerprint density at radius 2 is 2.09 bits per heavy atom. The average molecular weight is 305 g/mol. The molecule has 3 fully saturated rings. The summed E-state index contributed by atoms with van der Waals surface area (Å²) in [6, 6.07) is 0. The topological polar surface area (TPSA) is 29.5 Å². The van der Waals surface area contributed by atoms with E-state index in [2.05, 4.69) is 32.3 Å². The van der Waals surface area contributed by atoms with Crippen molar-refractivity contribution in [1.82, 2.24) is 4.90 Å². The molecule has 1 heterocycles. The second-order valence-corrected chi connectivity index (χ2v) is 7.89. The van der Waals surface area contributed by atoms with Gasteiger partial charge >= 0.3 is 5.97 Å². The van der Waals surface area contributed by atoms with Crippen LogP contribution in [0.1, 0.15) is 52.9 Å². The summed E-state index contributed by atoms with van der Waals surface area (Å²) in [4.78, 5) is 14.8. The van der Waals surface area contributed by atoms with Gasteiger partial charge in [-0.2, -0.15) is 0 Å². The van der Waals surface area contributed by atoms with Gasteiger partial charge in [-0.3, -0.25) is 4.79 Å². The van der Waals surface area contributed by atoms with E-state index in [0.717, 1.165) is 32.5 Å². The number of allylic oxidation sites excluding steroid dienone is 1. The van der Waals surface area contributed by atoms with Crippen molar-refractivity contribution in [3.63, 3.8) is 0 Å². The summed E-state index contributed by atoms with van der Waals surface area (Å²) in [6.45, 7) is 14.0. The molecule has 3 heteroatoms. The summed E-state index contributed by atoms with van der Waals surface area (Å²) < 4.78 is 5.82. The molecule has 0 bridgehead atoms. The Hall–Kier alpha value is -0.830.